The van der Waals surface area contributed by atoms with Gasteiger partial charge >= 0.3 is 5.97 Å². The lowest BCUT2D eigenvalue weighted by Crippen LogP contribution is -2.24. The van der Waals surface area contributed by atoms with E-state index in [9.17, 15) is 4.79 Å². The lowest BCUT2D eigenvalue weighted by Gasteiger charge is -2.19. The Hall–Kier alpha value is -1.82. The number of benzene rings is 1. The van der Waals surface area contributed by atoms with E-state index in [1.54, 1.807) is 7.05 Å². The van der Waals surface area contributed by atoms with E-state index in [0.717, 1.165) is 15.9 Å². The van der Waals surface area contributed by atoms with Crippen LogP contribution < -0.4 is 5.32 Å². The van der Waals surface area contributed by atoms with E-state index in [0.29, 0.717) is 5.95 Å². The molecule has 0 fully saturated rings. The van der Waals surface area contributed by atoms with Crippen molar-refractivity contribution in [1.29, 1.82) is 0 Å². The minimum atomic E-state index is -0.471. The Morgan fingerprint density at radius 2 is 2.00 bits per heavy atom. The van der Waals surface area contributed by atoms with Crippen LogP contribution in [0.5, 0.6) is 0 Å². The maximum absolute atomic E-state index is 11.8. The molecule has 0 atom stereocenters. The summed E-state index contributed by atoms with van der Waals surface area (Å²) in [4.78, 5) is 20.6. The highest BCUT2D eigenvalue weighted by molar-refractivity contribution is 8.00. The molecule has 0 unspecified atom stereocenters. The highest BCUT2D eigenvalue weighted by atomic mass is 32.2. The van der Waals surface area contributed by atoms with E-state index < -0.39 is 5.60 Å². The van der Waals surface area contributed by atoms with E-state index in [2.05, 4.69) is 15.3 Å². The average Bonchev–Trinajstić information content (AvgIpc) is 2.42. The summed E-state index contributed by atoms with van der Waals surface area (Å²) in [6, 6.07) is 7.74. The van der Waals surface area contributed by atoms with Crippen molar-refractivity contribution < 1.29 is 9.53 Å². The van der Waals surface area contributed by atoms with Crippen LogP contribution in [-0.4, -0.2) is 34.3 Å². The summed E-state index contributed by atoms with van der Waals surface area (Å²) >= 11 is 1.36. The predicted molar refractivity (Wildman–Crippen MR) is 85.7 cm³/mol. The molecule has 2 aromatic rings. The molecule has 1 heterocycles. The van der Waals surface area contributed by atoms with Crippen LogP contribution in [0.1, 0.15) is 20.8 Å². The van der Waals surface area contributed by atoms with Crippen molar-refractivity contribution in [2.45, 2.75) is 31.4 Å². The fourth-order valence-electron chi connectivity index (χ4n) is 1.77. The lowest BCUT2D eigenvalue weighted by atomic mass is 10.2. The SMILES string of the molecule is CNc1nc(SCC(=O)OC(C)(C)C)c2ccccc2n1. The molecule has 2 rings (SSSR count). The topological polar surface area (TPSA) is 64.1 Å². The van der Waals surface area contributed by atoms with Gasteiger partial charge in [-0.1, -0.05) is 30.0 Å². The maximum atomic E-state index is 11.8. The van der Waals surface area contributed by atoms with Crippen molar-refractivity contribution in [3.05, 3.63) is 24.3 Å². The van der Waals surface area contributed by atoms with Crippen LogP contribution >= 0.6 is 11.8 Å². The molecule has 0 radical (unpaired) electrons. The monoisotopic (exact) mass is 305 g/mol. The van der Waals surface area contributed by atoms with Gasteiger partial charge < -0.3 is 10.1 Å². The molecule has 1 aromatic heterocycles. The molecule has 0 aliphatic rings. The number of nitrogens with zero attached hydrogens (tertiary/aromatic N) is 2. The number of aromatic nitrogens is 2. The molecule has 0 amide bonds. The molecule has 5 nitrogen and oxygen atoms in total. The molecule has 0 saturated heterocycles. The van der Waals surface area contributed by atoms with Gasteiger partial charge in [-0.05, 0) is 26.8 Å². The van der Waals surface area contributed by atoms with Crippen LogP contribution in [-0.2, 0) is 9.53 Å². The molecule has 0 spiro atoms. The minimum absolute atomic E-state index is 0.224. The maximum Gasteiger partial charge on any atom is 0.316 e. The van der Waals surface area contributed by atoms with Gasteiger partial charge in [0.2, 0.25) is 5.95 Å². The number of carbonyl (C=O) groups excluding carboxylic acids is 1. The smallest absolute Gasteiger partial charge is 0.316 e. The minimum Gasteiger partial charge on any atom is -0.459 e. The van der Waals surface area contributed by atoms with Crippen molar-refractivity contribution in [3.63, 3.8) is 0 Å². The average molecular weight is 305 g/mol. The van der Waals surface area contributed by atoms with Gasteiger partial charge in [0.25, 0.3) is 0 Å². The third kappa shape index (κ3) is 4.32. The fourth-order valence-corrected chi connectivity index (χ4v) is 2.56. The summed E-state index contributed by atoms with van der Waals surface area (Å²) in [7, 11) is 1.77. The number of ether oxygens (including phenoxy) is 1. The fraction of sp³-hybridized carbons (Fsp3) is 0.400. The second-order valence-electron chi connectivity index (χ2n) is 5.49. The summed E-state index contributed by atoms with van der Waals surface area (Å²) in [6.45, 7) is 5.57. The lowest BCUT2D eigenvalue weighted by molar-refractivity contribution is -0.151. The third-order valence-corrected chi connectivity index (χ3v) is 3.50. The Bertz CT molecular complexity index is 653. The number of esters is 1. The van der Waals surface area contributed by atoms with Crippen molar-refractivity contribution in [2.75, 3.05) is 18.1 Å². The highest BCUT2D eigenvalue weighted by Crippen LogP contribution is 2.26. The first-order chi connectivity index (χ1) is 9.89. The normalized spacial score (nSPS) is 11.4. The number of para-hydroxylation sites is 1. The molecule has 0 aliphatic carbocycles. The molecular formula is C15H19N3O2S. The number of anilines is 1. The number of nitrogens with one attached hydrogen (secondary N) is 1. The van der Waals surface area contributed by atoms with Crippen molar-refractivity contribution in [1.82, 2.24) is 9.97 Å². The van der Waals surface area contributed by atoms with Crippen LogP contribution in [0.2, 0.25) is 0 Å². The van der Waals surface area contributed by atoms with Crippen LogP contribution in [0.3, 0.4) is 0 Å². The molecule has 6 heteroatoms. The summed E-state index contributed by atoms with van der Waals surface area (Å²) in [5.41, 5.74) is 0.380. The van der Waals surface area contributed by atoms with Crippen LogP contribution in [0.15, 0.2) is 29.3 Å². The molecule has 1 aromatic carbocycles. The van der Waals surface area contributed by atoms with E-state index in [1.807, 2.05) is 45.0 Å². The van der Waals surface area contributed by atoms with Gasteiger partial charge in [-0.25, -0.2) is 9.97 Å². The number of rotatable bonds is 4. The number of hydrogen-bond acceptors (Lipinski definition) is 6. The van der Waals surface area contributed by atoms with E-state index in [-0.39, 0.29) is 11.7 Å². The summed E-state index contributed by atoms with van der Waals surface area (Å²) in [5.74, 6) is 0.517. The van der Waals surface area contributed by atoms with Crippen molar-refractivity contribution in [2.24, 2.45) is 0 Å². The Morgan fingerprint density at radius 1 is 1.29 bits per heavy atom. The number of thioether (sulfide) groups is 1. The molecule has 21 heavy (non-hydrogen) atoms. The van der Waals surface area contributed by atoms with Gasteiger partial charge in [-0.2, -0.15) is 0 Å². The molecular weight excluding hydrogens is 286 g/mol. The van der Waals surface area contributed by atoms with Gasteiger partial charge in [0.15, 0.2) is 0 Å². The quantitative estimate of drug-likeness (QED) is 0.532. The second kappa shape index (κ2) is 6.30. The Balaban J connectivity index is 2.19. The van der Waals surface area contributed by atoms with Crippen molar-refractivity contribution >= 4 is 34.6 Å². The zero-order chi connectivity index (χ0) is 15.5. The van der Waals surface area contributed by atoms with Gasteiger partial charge in [-0.3, -0.25) is 4.79 Å². The van der Waals surface area contributed by atoms with E-state index >= 15 is 0 Å². The molecule has 0 bridgehead atoms. The Morgan fingerprint density at radius 3 is 2.67 bits per heavy atom. The number of hydrogen-bond donors (Lipinski definition) is 1. The first kappa shape index (κ1) is 15.6. The molecule has 0 saturated carbocycles. The summed E-state index contributed by atoms with van der Waals surface area (Å²) < 4.78 is 5.31. The largest absolute Gasteiger partial charge is 0.459 e. The molecule has 1 N–H and O–H groups in total. The first-order valence-electron chi connectivity index (χ1n) is 6.68. The van der Waals surface area contributed by atoms with Crippen molar-refractivity contribution in [3.8, 4) is 0 Å². The van der Waals surface area contributed by atoms with Gasteiger partial charge in [0, 0.05) is 12.4 Å². The summed E-state index contributed by atoms with van der Waals surface area (Å²) in [6.07, 6.45) is 0. The standard InChI is InChI=1S/C15H19N3O2S/c1-15(2,3)20-12(19)9-21-13-10-7-5-6-8-11(10)17-14(16-4)18-13/h5-8H,9H2,1-4H3,(H,16,17,18). The Labute approximate surface area is 128 Å². The van der Waals surface area contributed by atoms with E-state index in [1.165, 1.54) is 11.8 Å². The predicted octanol–water partition coefficient (Wildman–Crippen LogP) is 3.11. The van der Waals surface area contributed by atoms with Gasteiger partial charge in [0.1, 0.15) is 10.6 Å². The number of fused-ring (bicyclic) bond motifs is 1. The summed E-state index contributed by atoms with van der Waals surface area (Å²) in [5, 5.41) is 4.64. The zero-order valence-corrected chi connectivity index (χ0v) is 13.5. The first-order valence-corrected chi connectivity index (χ1v) is 7.67. The van der Waals surface area contributed by atoms with Crippen LogP contribution in [0.25, 0.3) is 10.9 Å². The zero-order valence-electron chi connectivity index (χ0n) is 12.6. The number of carbonyl (C=O) groups is 1. The Kier molecular flexibility index (Phi) is 4.67. The third-order valence-electron chi connectivity index (χ3n) is 2.54. The second-order valence-corrected chi connectivity index (χ2v) is 6.46. The van der Waals surface area contributed by atoms with Gasteiger partial charge in [-0.15, -0.1) is 0 Å². The highest BCUT2D eigenvalue weighted by Gasteiger charge is 2.17. The van der Waals surface area contributed by atoms with Gasteiger partial charge in [0.05, 0.1) is 11.3 Å². The van der Waals surface area contributed by atoms with E-state index in [4.69, 9.17) is 4.74 Å². The van der Waals surface area contributed by atoms with Crippen LogP contribution in [0, 0.1) is 0 Å². The molecule has 112 valence electrons. The molecule has 0 aliphatic heterocycles. The van der Waals surface area contributed by atoms with Crippen LogP contribution in [0.4, 0.5) is 5.95 Å².